The minimum Gasteiger partial charge on any atom is -0.208 e. The number of aromatic nitrogens is 3. The van der Waals surface area contributed by atoms with Gasteiger partial charge in [0.15, 0.2) is 17.5 Å². The second-order valence-corrected chi connectivity index (χ2v) is 15.6. The third kappa shape index (κ3) is 5.05. The molecule has 0 aliphatic rings. The fourth-order valence-corrected chi connectivity index (χ4v) is 10.3. The lowest BCUT2D eigenvalue weighted by molar-refractivity contribution is 1.08. The van der Waals surface area contributed by atoms with E-state index >= 15 is 0 Å². The number of benzene rings is 8. The lowest BCUT2D eigenvalue weighted by Gasteiger charge is -2.14. The van der Waals surface area contributed by atoms with Crippen LogP contribution in [0.15, 0.2) is 176 Å². The van der Waals surface area contributed by atoms with Crippen molar-refractivity contribution in [3.63, 3.8) is 0 Å². The van der Waals surface area contributed by atoms with Crippen molar-refractivity contribution in [2.45, 2.75) is 0 Å². The average Bonchev–Trinajstić information content (AvgIpc) is 3.82. The Morgan fingerprint density at radius 3 is 1.44 bits per heavy atom. The molecule has 3 nitrogen and oxygen atoms in total. The molecule has 0 bridgehead atoms. The summed E-state index contributed by atoms with van der Waals surface area (Å²) >= 11 is 3.64. The smallest absolute Gasteiger partial charge is 0.165 e. The van der Waals surface area contributed by atoms with Gasteiger partial charge in [-0.2, -0.15) is 0 Å². The minimum absolute atomic E-state index is 0.646. The molecule has 8 aromatic carbocycles. The van der Waals surface area contributed by atoms with E-state index in [1.54, 1.807) is 11.3 Å². The Morgan fingerprint density at radius 1 is 0.278 bits per heavy atom. The third-order valence-electron chi connectivity index (χ3n) is 10.4. The van der Waals surface area contributed by atoms with Gasteiger partial charge in [0, 0.05) is 57.0 Å². The standard InChI is InChI=1S/C49H29N3S2/c1-2-14-33-30(12-1)13-9-20-35(33)36-15-3-4-18-41(36)48-50-47(51-49(52-48)42-23-11-22-40-38-17-6-8-25-44(38)54-46(40)42)32-28-26-31(27-29-32)34-19-10-21-39-37-16-5-7-24-43(37)53-45(34)39/h1-29H. The molecule has 0 unspecified atom stereocenters. The van der Waals surface area contributed by atoms with Crippen molar-refractivity contribution in [3.8, 4) is 56.4 Å². The lowest BCUT2D eigenvalue weighted by Crippen LogP contribution is -2.01. The molecule has 5 heteroatoms. The van der Waals surface area contributed by atoms with Gasteiger partial charge in [-0.25, -0.2) is 15.0 Å². The van der Waals surface area contributed by atoms with E-state index in [4.69, 9.17) is 15.0 Å². The van der Waals surface area contributed by atoms with Crippen LogP contribution < -0.4 is 0 Å². The summed E-state index contributed by atoms with van der Waals surface area (Å²) < 4.78 is 5.04. The highest BCUT2D eigenvalue weighted by molar-refractivity contribution is 7.26. The molecule has 0 fully saturated rings. The van der Waals surface area contributed by atoms with Crippen molar-refractivity contribution < 1.29 is 0 Å². The van der Waals surface area contributed by atoms with Crippen LogP contribution in [0, 0.1) is 0 Å². The predicted octanol–water partition coefficient (Wildman–Crippen LogP) is 14.1. The van der Waals surface area contributed by atoms with Gasteiger partial charge < -0.3 is 0 Å². The van der Waals surface area contributed by atoms with Crippen molar-refractivity contribution in [1.29, 1.82) is 0 Å². The summed E-state index contributed by atoms with van der Waals surface area (Å²) in [5.74, 6) is 1.96. The van der Waals surface area contributed by atoms with Crippen molar-refractivity contribution in [2.75, 3.05) is 0 Å². The maximum absolute atomic E-state index is 5.29. The first-order valence-electron chi connectivity index (χ1n) is 18.0. The fraction of sp³-hybridized carbons (Fsp3) is 0. The van der Waals surface area contributed by atoms with Crippen molar-refractivity contribution in [2.24, 2.45) is 0 Å². The van der Waals surface area contributed by atoms with Crippen LogP contribution >= 0.6 is 22.7 Å². The monoisotopic (exact) mass is 723 g/mol. The molecule has 3 aromatic heterocycles. The Hall–Kier alpha value is -6.53. The molecule has 54 heavy (non-hydrogen) atoms. The summed E-state index contributed by atoms with van der Waals surface area (Å²) in [7, 11) is 0. The molecule has 0 saturated carbocycles. The number of nitrogens with zero attached hydrogens (tertiary/aromatic N) is 3. The Kier molecular flexibility index (Phi) is 7.22. The SMILES string of the molecule is c1ccc(-c2cccc3ccccc23)c(-c2nc(-c3ccc(-c4cccc5c4sc4ccccc45)cc3)nc(-c3cccc4c3sc3ccccc34)n2)c1. The predicted molar refractivity (Wildman–Crippen MR) is 230 cm³/mol. The molecule has 0 spiro atoms. The summed E-state index contributed by atoms with van der Waals surface area (Å²) in [6, 6.07) is 62.6. The van der Waals surface area contributed by atoms with Gasteiger partial charge in [0.25, 0.3) is 0 Å². The highest BCUT2D eigenvalue weighted by atomic mass is 32.1. The van der Waals surface area contributed by atoms with Crippen molar-refractivity contribution >= 4 is 73.8 Å². The number of thiophene rings is 2. The van der Waals surface area contributed by atoms with Crippen LogP contribution in [-0.2, 0) is 0 Å². The number of hydrogen-bond acceptors (Lipinski definition) is 5. The van der Waals surface area contributed by atoms with Gasteiger partial charge in [-0.1, -0.05) is 158 Å². The second kappa shape index (κ2) is 12.6. The number of fused-ring (bicyclic) bond motifs is 7. The van der Waals surface area contributed by atoms with E-state index in [1.165, 1.54) is 62.2 Å². The lowest BCUT2D eigenvalue weighted by atomic mass is 9.94. The normalized spacial score (nSPS) is 11.7. The minimum atomic E-state index is 0.646. The van der Waals surface area contributed by atoms with E-state index in [9.17, 15) is 0 Å². The van der Waals surface area contributed by atoms with Gasteiger partial charge in [-0.3, -0.25) is 0 Å². The Labute approximate surface area is 319 Å². The molecule has 0 atom stereocenters. The van der Waals surface area contributed by atoms with Gasteiger partial charge in [-0.05, 0) is 51.2 Å². The summed E-state index contributed by atoms with van der Waals surface area (Å²) in [6.45, 7) is 0. The first-order chi connectivity index (χ1) is 26.8. The first kappa shape index (κ1) is 31.0. The average molecular weight is 724 g/mol. The summed E-state index contributed by atoms with van der Waals surface area (Å²) in [5.41, 5.74) is 7.56. The zero-order chi connectivity index (χ0) is 35.6. The van der Waals surface area contributed by atoms with Crippen LogP contribution in [0.1, 0.15) is 0 Å². The molecule has 252 valence electrons. The van der Waals surface area contributed by atoms with E-state index in [1.807, 2.05) is 11.3 Å². The summed E-state index contributed by atoms with van der Waals surface area (Å²) in [4.78, 5) is 15.8. The highest BCUT2D eigenvalue weighted by Crippen LogP contribution is 2.42. The Morgan fingerprint density at radius 2 is 0.722 bits per heavy atom. The molecule has 0 N–H and O–H groups in total. The summed E-state index contributed by atoms with van der Waals surface area (Å²) in [5, 5.41) is 7.46. The Balaban J connectivity index is 1.10. The van der Waals surface area contributed by atoms with E-state index in [2.05, 4.69) is 176 Å². The first-order valence-corrected chi connectivity index (χ1v) is 19.7. The molecule has 11 rings (SSSR count). The van der Waals surface area contributed by atoms with Crippen molar-refractivity contribution in [3.05, 3.63) is 176 Å². The van der Waals surface area contributed by atoms with Crippen LogP contribution in [-0.4, -0.2) is 15.0 Å². The highest BCUT2D eigenvalue weighted by Gasteiger charge is 2.19. The Bertz CT molecular complexity index is 3220. The van der Waals surface area contributed by atoms with Crippen LogP contribution in [0.3, 0.4) is 0 Å². The second-order valence-electron chi connectivity index (χ2n) is 13.5. The maximum Gasteiger partial charge on any atom is 0.165 e. The fourth-order valence-electron chi connectivity index (χ4n) is 7.82. The van der Waals surface area contributed by atoms with E-state index in [-0.39, 0.29) is 0 Å². The van der Waals surface area contributed by atoms with Gasteiger partial charge >= 0.3 is 0 Å². The van der Waals surface area contributed by atoms with E-state index in [0.29, 0.717) is 17.5 Å². The van der Waals surface area contributed by atoms with E-state index < -0.39 is 0 Å². The molecular weight excluding hydrogens is 695 g/mol. The largest absolute Gasteiger partial charge is 0.208 e. The molecule has 11 aromatic rings. The van der Waals surface area contributed by atoms with Crippen molar-refractivity contribution in [1.82, 2.24) is 15.0 Å². The molecular formula is C49H29N3S2. The molecule has 0 aliphatic heterocycles. The quantitative estimate of drug-likeness (QED) is 0.177. The van der Waals surface area contributed by atoms with Crippen LogP contribution in [0.25, 0.3) is 108 Å². The molecule has 0 saturated heterocycles. The summed E-state index contributed by atoms with van der Waals surface area (Å²) in [6.07, 6.45) is 0. The zero-order valence-electron chi connectivity index (χ0n) is 28.9. The van der Waals surface area contributed by atoms with Crippen LogP contribution in [0.4, 0.5) is 0 Å². The van der Waals surface area contributed by atoms with Gasteiger partial charge in [0.05, 0.1) is 0 Å². The molecule has 0 amide bonds. The molecule has 0 radical (unpaired) electrons. The number of rotatable bonds is 5. The topological polar surface area (TPSA) is 38.7 Å². The van der Waals surface area contributed by atoms with Gasteiger partial charge in [-0.15, -0.1) is 22.7 Å². The molecule has 3 heterocycles. The zero-order valence-corrected chi connectivity index (χ0v) is 30.5. The van der Waals surface area contributed by atoms with Crippen LogP contribution in [0.2, 0.25) is 0 Å². The van der Waals surface area contributed by atoms with Gasteiger partial charge in [0.1, 0.15) is 0 Å². The van der Waals surface area contributed by atoms with E-state index in [0.717, 1.165) is 27.8 Å². The van der Waals surface area contributed by atoms with Crippen LogP contribution in [0.5, 0.6) is 0 Å². The maximum atomic E-state index is 5.29. The molecule has 0 aliphatic carbocycles. The third-order valence-corrected chi connectivity index (χ3v) is 12.8. The van der Waals surface area contributed by atoms with Gasteiger partial charge in [0.2, 0.25) is 0 Å². The number of hydrogen-bond donors (Lipinski definition) is 0.